The van der Waals surface area contributed by atoms with Crippen LogP contribution in [0, 0.1) is 26.2 Å². The molecule has 0 aromatic carbocycles. The van der Waals surface area contributed by atoms with E-state index >= 15 is 0 Å². The lowest BCUT2D eigenvalue weighted by molar-refractivity contribution is 0.163. The van der Waals surface area contributed by atoms with Crippen molar-refractivity contribution in [3.05, 3.63) is 16.5 Å². The van der Waals surface area contributed by atoms with Gasteiger partial charge in [0.2, 0.25) is 0 Å². The first-order chi connectivity index (χ1) is 6.85. The summed E-state index contributed by atoms with van der Waals surface area (Å²) in [5.41, 5.74) is 0.827. The van der Waals surface area contributed by atoms with Crippen molar-refractivity contribution in [3.63, 3.8) is 0 Å². The maximum Gasteiger partial charge on any atom is 0.253 e. The Morgan fingerprint density at radius 3 is 2.33 bits per heavy atom. The minimum absolute atomic E-state index is 0.237. The molecule has 1 aromatic rings. The molecule has 1 heterocycles. The molecule has 0 unspecified atom stereocenters. The van der Waals surface area contributed by atoms with Gasteiger partial charge in [0, 0.05) is 0 Å². The molecule has 0 saturated carbocycles. The molecule has 0 saturated heterocycles. The fourth-order valence-corrected chi connectivity index (χ4v) is 1.10. The van der Waals surface area contributed by atoms with Crippen LogP contribution in [0.1, 0.15) is 25.2 Å². The van der Waals surface area contributed by atoms with Gasteiger partial charge in [0.05, 0.1) is 11.4 Å². The number of aryl methyl sites for hydroxylation is 2. The van der Waals surface area contributed by atoms with E-state index in [2.05, 4.69) is 15.9 Å². The minimum atomic E-state index is -0.736. The molecule has 1 aromatic heterocycles. The maximum atomic E-state index is 5.90. The van der Waals surface area contributed by atoms with E-state index in [0.29, 0.717) is 0 Å². The third-order valence-electron chi connectivity index (χ3n) is 1.93. The summed E-state index contributed by atoms with van der Waals surface area (Å²) in [5.74, 6) is 2.78. The number of terminal acetylenes is 1. The zero-order chi connectivity index (χ0) is 11.6. The van der Waals surface area contributed by atoms with Gasteiger partial charge in [0.15, 0.2) is 10.8 Å². The predicted molar refractivity (Wildman–Crippen MR) is 60.1 cm³/mol. The summed E-state index contributed by atoms with van der Waals surface area (Å²) in [6.07, 6.45) is 5.31. The number of aromatic nitrogens is 2. The smallest absolute Gasteiger partial charge is 0.253 e. The van der Waals surface area contributed by atoms with Crippen LogP contribution in [-0.2, 0) is 0 Å². The summed E-state index contributed by atoms with van der Waals surface area (Å²) in [6.45, 7) is 7.21. The van der Waals surface area contributed by atoms with Gasteiger partial charge < -0.3 is 4.74 Å². The predicted octanol–water partition coefficient (Wildman–Crippen LogP) is 2.54. The van der Waals surface area contributed by atoms with E-state index in [1.165, 1.54) is 0 Å². The highest BCUT2D eigenvalue weighted by atomic mass is 35.5. The summed E-state index contributed by atoms with van der Waals surface area (Å²) in [7, 11) is 0. The first kappa shape index (κ1) is 11.8. The monoisotopic (exact) mass is 224 g/mol. The van der Waals surface area contributed by atoms with Crippen LogP contribution in [0.2, 0.25) is 5.15 Å². The molecule has 3 nitrogen and oxygen atoms in total. The molecule has 0 radical (unpaired) electrons. The molecular weight excluding hydrogens is 212 g/mol. The molecule has 0 aliphatic heterocycles. The van der Waals surface area contributed by atoms with Crippen molar-refractivity contribution in [2.45, 2.75) is 33.3 Å². The van der Waals surface area contributed by atoms with E-state index in [9.17, 15) is 0 Å². The molecule has 80 valence electrons. The van der Waals surface area contributed by atoms with Gasteiger partial charge >= 0.3 is 0 Å². The van der Waals surface area contributed by atoms with Crippen LogP contribution in [0.15, 0.2) is 0 Å². The summed E-state index contributed by atoms with van der Waals surface area (Å²) < 4.78 is 5.48. The van der Waals surface area contributed by atoms with Crippen molar-refractivity contribution in [2.75, 3.05) is 0 Å². The average molecular weight is 225 g/mol. The molecule has 0 N–H and O–H groups in total. The highest BCUT2D eigenvalue weighted by Gasteiger charge is 2.19. The zero-order valence-electron chi connectivity index (χ0n) is 9.26. The molecule has 0 bridgehead atoms. The van der Waals surface area contributed by atoms with Crippen LogP contribution in [0.5, 0.6) is 5.88 Å². The van der Waals surface area contributed by atoms with E-state index in [0.717, 1.165) is 11.4 Å². The van der Waals surface area contributed by atoms with Gasteiger partial charge in [-0.1, -0.05) is 17.5 Å². The number of hydrogen-bond acceptors (Lipinski definition) is 3. The molecule has 4 heteroatoms. The number of rotatable bonds is 2. The van der Waals surface area contributed by atoms with Gasteiger partial charge in [-0.05, 0) is 27.7 Å². The Bertz CT molecular complexity index is 421. The molecule has 1 rings (SSSR count). The molecule has 15 heavy (non-hydrogen) atoms. The lowest BCUT2D eigenvalue weighted by Gasteiger charge is -2.20. The van der Waals surface area contributed by atoms with E-state index in [-0.39, 0.29) is 11.0 Å². The van der Waals surface area contributed by atoms with E-state index < -0.39 is 5.60 Å². The van der Waals surface area contributed by atoms with Gasteiger partial charge in [0.25, 0.3) is 5.88 Å². The van der Waals surface area contributed by atoms with Gasteiger partial charge in [-0.2, -0.15) is 0 Å². The summed E-state index contributed by atoms with van der Waals surface area (Å²) in [6, 6.07) is 0. The molecule has 0 atom stereocenters. The quantitative estimate of drug-likeness (QED) is 0.725. The topological polar surface area (TPSA) is 35.0 Å². The van der Waals surface area contributed by atoms with Crippen LogP contribution in [0.25, 0.3) is 0 Å². The van der Waals surface area contributed by atoms with Gasteiger partial charge in [-0.15, -0.1) is 6.42 Å². The molecule has 0 aliphatic rings. The van der Waals surface area contributed by atoms with Crippen molar-refractivity contribution in [1.29, 1.82) is 0 Å². The number of nitrogens with zero attached hydrogens (tertiary/aromatic N) is 2. The Morgan fingerprint density at radius 1 is 1.27 bits per heavy atom. The van der Waals surface area contributed by atoms with Crippen molar-refractivity contribution in [3.8, 4) is 18.2 Å². The fraction of sp³-hybridized carbons (Fsp3) is 0.455. The summed E-state index contributed by atoms with van der Waals surface area (Å²) in [5, 5.41) is 0.237. The number of halogens is 1. The lowest BCUT2D eigenvalue weighted by Crippen LogP contribution is -2.26. The minimum Gasteiger partial charge on any atom is -0.456 e. The zero-order valence-corrected chi connectivity index (χ0v) is 10.0. The summed E-state index contributed by atoms with van der Waals surface area (Å²) >= 11 is 5.90. The van der Waals surface area contributed by atoms with Crippen molar-refractivity contribution in [2.24, 2.45) is 0 Å². The van der Waals surface area contributed by atoms with Crippen molar-refractivity contribution >= 4 is 11.6 Å². The fourth-order valence-electron chi connectivity index (χ4n) is 0.891. The van der Waals surface area contributed by atoms with Crippen LogP contribution in [0.3, 0.4) is 0 Å². The second-order valence-corrected chi connectivity index (χ2v) is 4.11. The molecule has 0 aliphatic carbocycles. The SMILES string of the molecule is C#CC(C)(C)Oc1nc(C)c(C)nc1Cl. The Labute approximate surface area is 94.8 Å². The third-order valence-corrected chi connectivity index (χ3v) is 2.18. The normalized spacial score (nSPS) is 10.9. The molecule has 0 amide bonds. The van der Waals surface area contributed by atoms with Crippen molar-refractivity contribution < 1.29 is 4.74 Å². The number of hydrogen-bond donors (Lipinski definition) is 0. The van der Waals surface area contributed by atoms with Crippen LogP contribution >= 0.6 is 11.6 Å². The highest BCUT2D eigenvalue weighted by Crippen LogP contribution is 2.24. The Morgan fingerprint density at radius 2 is 1.80 bits per heavy atom. The second-order valence-electron chi connectivity index (χ2n) is 3.75. The Kier molecular flexibility index (Phi) is 3.21. The maximum absolute atomic E-state index is 5.90. The Hall–Kier alpha value is -1.27. The average Bonchev–Trinajstić information content (AvgIpc) is 2.14. The lowest BCUT2D eigenvalue weighted by atomic mass is 10.1. The summed E-state index contributed by atoms with van der Waals surface area (Å²) in [4.78, 5) is 8.29. The molecular formula is C11H13ClN2O. The second kappa shape index (κ2) is 4.08. The number of ether oxygens (including phenoxy) is 1. The van der Waals surface area contributed by atoms with Gasteiger partial charge in [-0.3, -0.25) is 0 Å². The first-order valence-electron chi connectivity index (χ1n) is 4.53. The van der Waals surface area contributed by atoms with Crippen LogP contribution in [-0.4, -0.2) is 15.6 Å². The van der Waals surface area contributed by atoms with Gasteiger partial charge in [-0.25, -0.2) is 9.97 Å². The van der Waals surface area contributed by atoms with E-state index in [4.69, 9.17) is 22.8 Å². The van der Waals surface area contributed by atoms with E-state index in [1.807, 2.05) is 13.8 Å². The van der Waals surface area contributed by atoms with Crippen LogP contribution in [0.4, 0.5) is 0 Å². The van der Waals surface area contributed by atoms with Gasteiger partial charge in [0.1, 0.15) is 0 Å². The van der Waals surface area contributed by atoms with Crippen LogP contribution < -0.4 is 4.74 Å². The largest absolute Gasteiger partial charge is 0.456 e. The molecule has 0 fully saturated rings. The first-order valence-corrected chi connectivity index (χ1v) is 4.91. The van der Waals surface area contributed by atoms with Crippen molar-refractivity contribution in [1.82, 2.24) is 9.97 Å². The third kappa shape index (κ3) is 2.84. The highest BCUT2D eigenvalue weighted by molar-refractivity contribution is 6.30. The Balaban J connectivity index is 3.07. The molecule has 0 spiro atoms. The van der Waals surface area contributed by atoms with E-state index in [1.54, 1.807) is 13.8 Å². The standard InChI is InChI=1S/C11H13ClN2O/c1-6-11(4,5)15-10-9(12)13-7(2)8(3)14-10/h1H,2-5H3.